The first-order valence-electron chi connectivity index (χ1n) is 15.8. The molecule has 0 fully saturated rings. The molecule has 5 aromatic rings. The van der Waals surface area contributed by atoms with Gasteiger partial charge in [0.2, 0.25) is 11.8 Å². The highest BCUT2D eigenvalue weighted by atomic mass is 32.2. The summed E-state index contributed by atoms with van der Waals surface area (Å²) in [5, 5.41) is 10.7. The van der Waals surface area contributed by atoms with Crippen LogP contribution in [0.4, 0.5) is 17.1 Å². The molecule has 0 heterocycles. The summed E-state index contributed by atoms with van der Waals surface area (Å²) >= 11 is 1.36. The van der Waals surface area contributed by atoms with Crippen molar-refractivity contribution in [2.45, 2.75) is 17.1 Å². The Morgan fingerprint density at radius 3 is 1.82 bits per heavy atom. The average molecular weight is 701 g/mol. The van der Waals surface area contributed by atoms with Crippen LogP contribution in [0.3, 0.4) is 0 Å². The summed E-state index contributed by atoms with van der Waals surface area (Å²) in [6.07, 6.45) is 1.55. The highest BCUT2D eigenvalue weighted by molar-refractivity contribution is 8.00. The Morgan fingerprint density at radius 1 is 0.647 bits per heavy atom. The first-order chi connectivity index (χ1) is 24.7. The van der Waals surface area contributed by atoms with Crippen LogP contribution in [0, 0.1) is 0 Å². The maximum Gasteiger partial charge on any atom is 0.272 e. The Labute approximate surface area is 300 Å². The van der Waals surface area contributed by atoms with Gasteiger partial charge in [-0.1, -0.05) is 54.6 Å². The molecule has 258 valence electrons. The summed E-state index contributed by atoms with van der Waals surface area (Å²) < 4.78 is 10.7. The highest BCUT2D eigenvalue weighted by Gasteiger charge is 2.23. The topological polar surface area (TPSA) is 135 Å². The number of benzene rings is 5. The smallest absolute Gasteiger partial charge is 0.272 e. The number of amides is 4. The van der Waals surface area contributed by atoms with Crippen LogP contribution >= 0.6 is 11.8 Å². The lowest BCUT2D eigenvalue weighted by atomic mass is 10.1. The van der Waals surface area contributed by atoms with Crippen LogP contribution < -0.4 is 30.7 Å². The van der Waals surface area contributed by atoms with E-state index in [1.807, 2.05) is 42.5 Å². The summed E-state index contributed by atoms with van der Waals surface area (Å²) in [6.45, 7) is 1.43. The lowest BCUT2D eigenvalue weighted by molar-refractivity contribution is -0.116. The zero-order valence-corrected chi connectivity index (χ0v) is 29.0. The average Bonchev–Trinajstić information content (AvgIpc) is 3.15. The molecule has 0 aromatic heterocycles. The molecule has 0 saturated carbocycles. The lowest BCUT2D eigenvalue weighted by Crippen LogP contribution is -2.30. The van der Waals surface area contributed by atoms with Gasteiger partial charge in [0, 0.05) is 34.4 Å². The summed E-state index contributed by atoms with van der Waals surface area (Å²) in [6, 6.07) is 37.1. The maximum absolute atomic E-state index is 13.6. The molecule has 0 saturated heterocycles. The molecule has 4 N–H and O–H groups in total. The van der Waals surface area contributed by atoms with Crippen molar-refractivity contribution in [2.75, 3.05) is 30.2 Å². The molecule has 11 heteroatoms. The normalized spacial score (nSPS) is 11.5. The third-order valence-electron chi connectivity index (χ3n) is 7.43. The zero-order chi connectivity index (χ0) is 36.2. The van der Waals surface area contributed by atoms with E-state index in [1.54, 1.807) is 91.0 Å². The van der Waals surface area contributed by atoms with E-state index >= 15 is 0 Å². The van der Waals surface area contributed by atoms with Gasteiger partial charge in [-0.2, -0.15) is 0 Å². The van der Waals surface area contributed by atoms with Gasteiger partial charge >= 0.3 is 0 Å². The van der Waals surface area contributed by atoms with Gasteiger partial charge < -0.3 is 30.7 Å². The number of nitrogens with one attached hydrogen (secondary N) is 4. The van der Waals surface area contributed by atoms with E-state index in [2.05, 4.69) is 21.3 Å². The summed E-state index contributed by atoms with van der Waals surface area (Å²) in [7, 11) is 3.05. The van der Waals surface area contributed by atoms with Crippen molar-refractivity contribution < 1.29 is 28.7 Å². The SMILES string of the molecule is COc1ccc(/C=C(\NC(=O)c2ccccc2)C(=O)Nc2ccc(SC(C(=O)Nc3ccc(NC(C)=O)cc3)c3ccccc3)cc2)cc1OC. The molecule has 0 bridgehead atoms. The van der Waals surface area contributed by atoms with Crippen LogP contribution in [0.1, 0.15) is 33.7 Å². The predicted octanol–water partition coefficient (Wildman–Crippen LogP) is 7.54. The van der Waals surface area contributed by atoms with Crippen LogP contribution in [0.15, 0.2) is 138 Å². The molecule has 0 aliphatic carbocycles. The minimum absolute atomic E-state index is 0.0143. The van der Waals surface area contributed by atoms with Crippen molar-refractivity contribution >= 4 is 58.5 Å². The van der Waals surface area contributed by atoms with E-state index in [4.69, 9.17) is 9.47 Å². The van der Waals surface area contributed by atoms with Crippen molar-refractivity contribution in [3.63, 3.8) is 0 Å². The van der Waals surface area contributed by atoms with Crippen LogP contribution in [0.25, 0.3) is 6.08 Å². The van der Waals surface area contributed by atoms with Crippen LogP contribution in [-0.2, 0) is 14.4 Å². The molecule has 1 unspecified atom stereocenters. The van der Waals surface area contributed by atoms with Crippen LogP contribution in [0.2, 0.25) is 0 Å². The molecule has 0 spiro atoms. The molecule has 1 atom stereocenters. The van der Waals surface area contributed by atoms with E-state index in [1.165, 1.54) is 32.9 Å². The van der Waals surface area contributed by atoms with Gasteiger partial charge in [0.05, 0.1) is 14.2 Å². The van der Waals surface area contributed by atoms with E-state index in [-0.39, 0.29) is 17.5 Å². The summed E-state index contributed by atoms with van der Waals surface area (Å²) in [4.78, 5) is 52.4. The number of carbonyl (C=O) groups is 4. The standard InChI is InChI=1S/C40H36N4O6S/c1-26(45)41-30-15-17-31(18-16-30)43-40(48)37(28-10-6-4-7-11-28)51-33-21-19-32(20-22-33)42-39(47)34(44-38(46)29-12-8-5-9-13-29)24-27-14-23-35(49-2)36(25-27)50-3/h4-25,37H,1-3H3,(H,41,45)(H,42,47)(H,43,48)(H,44,46)/b34-24-. The maximum atomic E-state index is 13.6. The first kappa shape index (κ1) is 36.0. The Kier molecular flexibility index (Phi) is 12.2. The number of ether oxygens (including phenoxy) is 2. The Balaban J connectivity index is 1.33. The third kappa shape index (κ3) is 10.1. The van der Waals surface area contributed by atoms with E-state index < -0.39 is 17.1 Å². The van der Waals surface area contributed by atoms with Gasteiger partial charge in [-0.15, -0.1) is 11.8 Å². The molecule has 5 aromatic carbocycles. The molecule has 51 heavy (non-hydrogen) atoms. The molecule has 5 rings (SSSR count). The molecule has 0 aliphatic heterocycles. The summed E-state index contributed by atoms with van der Waals surface area (Å²) in [5.41, 5.74) is 3.52. The quantitative estimate of drug-likeness (QED) is 0.0736. The molecule has 0 aliphatic rings. The molecule has 10 nitrogen and oxygen atoms in total. The minimum atomic E-state index is -0.592. The Bertz CT molecular complexity index is 2020. The fourth-order valence-corrected chi connectivity index (χ4v) is 5.98. The largest absolute Gasteiger partial charge is 0.493 e. The van der Waals surface area contributed by atoms with E-state index in [0.29, 0.717) is 39.7 Å². The molecular weight excluding hydrogens is 665 g/mol. The number of anilines is 3. The molecule has 0 radical (unpaired) electrons. The van der Waals surface area contributed by atoms with Crippen molar-refractivity contribution in [1.82, 2.24) is 5.32 Å². The number of rotatable bonds is 13. The first-order valence-corrected chi connectivity index (χ1v) is 16.7. The Hall–Kier alpha value is -6.33. The zero-order valence-electron chi connectivity index (χ0n) is 28.1. The van der Waals surface area contributed by atoms with Gasteiger partial charge in [-0.25, -0.2) is 0 Å². The second kappa shape index (κ2) is 17.4. The van der Waals surface area contributed by atoms with Crippen LogP contribution in [-0.4, -0.2) is 37.8 Å². The monoisotopic (exact) mass is 700 g/mol. The second-order valence-corrected chi connectivity index (χ2v) is 12.3. The lowest BCUT2D eigenvalue weighted by Gasteiger charge is -2.18. The third-order valence-corrected chi connectivity index (χ3v) is 8.69. The molecule has 4 amide bonds. The van der Waals surface area contributed by atoms with Crippen molar-refractivity contribution in [1.29, 1.82) is 0 Å². The van der Waals surface area contributed by atoms with Crippen molar-refractivity contribution in [2.24, 2.45) is 0 Å². The van der Waals surface area contributed by atoms with Crippen LogP contribution in [0.5, 0.6) is 11.5 Å². The highest BCUT2D eigenvalue weighted by Crippen LogP contribution is 2.37. The number of thioether (sulfide) groups is 1. The van der Waals surface area contributed by atoms with E-state index in [0.717, 1.165) is 10.5 Å². The number of hydrogen-bond acceptors (Lipinski definition) is 7. The number of methoxy groups -OCH3 is 2. The van der Waals surface area contributed by atoms with Gasteiger partial charge in [-0.3, -0.25) is 19.2 Å². The van der Waals surface area contributed by atoms with Gasteiger partial charge in [0.25, 0.3) is 11.8 Å². The van der Waals surface area contributed by atoms with Crippen molar-refractivity contribution in [3.05, 3.63) is 150 Å². The van der Waals surface area contributed by atoms with E-state index in [9.17, 15) is 19.2 Å². The van der Waals surface area contributed by atoms with Crippen molar-refractivity contribution in [3.8, 4) is 11.5 Å². The summed E-state index contributed by atoms with van der Waals surface area (Å²) in [5.74, 6) is -0.403. The second-order valence-electron chi connectivity index (χ2n) is 11.1. The predicted molar refractivity (Wildman–Crippen MR) is 201 cm³/mol. The number of carbonyl (C=O) groups excluding carboxylic acids is 4. The minimum Gasteiger partial charge on any atom is -0.493 e. The fourth-order valence-electron chi connectivity index (χ4n) is 4.95. The molecular formula is C40H36N4O6S. The van der Waals surface area contributed by atoms with Gasteiger partial charge in [-0.05, 0) is 90.0 Å². The Morgan fingerprint density at radius 2 is 1.22 bits per heavy atom. The van der Waals surface area contributed by atoms with Gasteiger partial charge in [0.1, 0.15) is 10.9 Å². The number of hydrogen-bond donors (Lipinski definition) is 4. The van der Waals surface area contributed by atoms with Gasteiger partial charge in [0.15, 0.2) is 11.5 Å². The fraction of sp³-hybridized carbons (Fsp3) is 0.100.